The van der Waals surface area contributed by atoms with Crippen LogP contribution in [-0.2, 0) is 10.2 Å². The Morgan fingerprint density at radius 1 is 1.29 bits per heavy atom. The van der Waals surface area contributed by atoms with Crippen molar-refractivity contribution in [2.24, 2.45) is 5.41 Å². The number of aryl methyl sites for hydroxylation is 1. The molecule has 1 aromatic rings. The maximum absolute atomic E-state index is 12.8. The van der Waals surface area contributed by atoms with Crippen LogP contribution < -0.4 is 5.32 Å². The normalized spacial score (nSPS) is 23.1. The highest BCUT2D eigenvalue weighted by Crippen LogP contribution is 2.64. The predicted molar refractivity (Wildman–Crippen MR) is 91.9 cm³/mol. The van der Waals surface area contributed by atoms with Crippen LogP contribution in [-0.4, -0.2) is 23.5 Å². The number of hydrogen-bond donors (Lipinski definition) is 1. The van der Waals surface area contributed by atoms with Gasteiger partial charge in [0.15, 0.2) is 0 Å². The van der Waals surface area contributed by atoms with Crippen LogP contribution >= 0.6 is 11.8 Å². The van der Waals surface area contributed by atoms with E-state index in [4.69, 9.17) is 0 Å². The second-order valence-electron chi connectivity index (χ2n) is 7.01. The summed E-state index contributed by atoms with van der Waals surface area (Å²) >= 11 is 1.89. The van der Waals surface area contributed by atoms with E-state index in [0.29, 0.717) is 5.25 Å². The zero-order chi connectivity index (χ0) is 15.7. The molecule has 0 aliphatic heterocycles. The molecule has 0 heterocycles. The van der Waals surface area contributed by atoms with Crippen LogP contribution in [0.25, 0.3) is 0 Å². The number of rotatable bonds is 6. The van der Waals surface area contributed by atoms with Gasteiger partial charge in [0.1, 0.15) is 0 Å². The molecule has 0 saturated heterocycles. The zero-order valence-corrected chi connectivity index (χ0v) is 14.6. The van der Waals surface area contributed by atoms with Crippen LogP contribution in [0.2, 0.25) is 0 Å². The molecule has 3 heteroatoms. The number of thioether (sulfide) groups is 1. The summed E-state index contributed by atoms with van der Waals surface area (Å²) in [6.45, 7) is 11.6. The van der Waals surface area contributed by atoms with Gasteiger partial charge in [-0.05, 0) is 29.6 Å². The van der Waals surface area contributed by atoms with E-state index in [1.165, 1.54) is 5.56 Å². The summed E-state index contributed by atoms with van der Waals surface area (Å²) in [6, 6.07) is 8.44. The average molecular weight is 305 g/mol. The Balaban J connectivity index is 2.06. The Hall–Kier alpha value is -0.960. The second kappa shape index (κ2) is 6.04. The predicted octanol–water partition coefficient (Wildman–Crippen LogP) is 3.92. The fourth-order valence-electron chi connectivity index (χ4n) is 3.08. The molecular formula is C18H27NOS. The number of hydrogen-bond acceptors (Lipinski definition) is 2. The number of amides is 1. The highest BCUT2D eigenvalue weighted by molar-refractivity contribution is 7.99. The minimum Gasteiger partial charge on any atom is -0.354 e. The lowest BCUT2D eigenvalue weighted by Crippen LogP contribution is -2.38. The molecule has 2 nitrogen and oxygen atoms in total. The van der Waals surface area contributed by atoms with Crippen molar-refractivity contribution < 1.29 is 4.79 Å². The van der Waals surface area contributed by atoms with E-state index in [1.54, 1.807) is 0 Å². The maximum Gasteiger partial charge on any atom is 0.231 e. The molecule has 0 spiro atoms. The van der Waals surface area contributed by atoms with Crippen LogP contribution in [0.3, 0.4) is 0 Å². The second-order valence-corrected chi connectivity index (χ2v) is 8.69. The van der Waals surface area contributed by atoms with Crippen molar-refractivity contribution in [3.63, 3.8) is 0 Å². The highest BCUT2D eigenvalue weighted by atomic mass is 32.2. The first-order valence-corrected chi connectivity index (χ1v) is 8.81. The van der Waals surface area contributed by atoms with Crippen LogP contribution in [0.4, 0.5) is 0 Å². The molecule has 0 aromatic heterocycles. The van der Waals surface area contributed by atoms with Gasteiger partial charge in [-0.2, -0.15) is 11.8 Å². The van der Waals surface area contributed by atoms with Gasteiger partial charge in [-0.15, -0.1) is 0 Å². The SMILES string of the molecule is Cc1ccc(C2(C(=O)NCCSC(C)C)CC2(C)C)cc1. The quantitative estimate of drug-likeness (QED) is 0.807. The molecule has 1 N–H and O–H groups in total. The Kier molecular flexibility index (Phi) is 4.72. The van der Waals surface area contributed by atoms with Gasteiger partial charge < -0.3 is 5.32 Å². The first-order valence-electron chi connectivity index (χ1n) is 7.77. The Morgan fingerprint density at radius 2 is 1.86 bits per heavy atom. The van der Waals surface area contributed by atoms with Crippen molar-refractivity contribution in [1.82, 2.24) is 5.32 Å². The molecule has 1 saturated carbocycles. The summed E-state index contributed by atoms with van der Waals surface area (Å²) in [4.78, 5) is 12.8. The summed E-state index contributed by atoms with van der Waals surface area (Å²) in [6.07, 6.45) is 0.937. The molecule has 2 rings (SSSR count). The van der Waals surface area contributed by atoms with Crippen LogP contribution in [0.15, 0.2) is 24.3 Å². The van der Waals surface area contributed by atoms with Gasteiger partial charge in [0, 0.05) is 12.3 Å². The van der Waals surface area contributed by atoms with E-state index in [-0.39, 0.29) is 16.7 Å². The molecule has 0 bridgehead atoms. The van der Waals surface area contributed by atoms with Crippen molar-refractivity contribution in [3.8, 4) is 0 Å². The minimum absolute atomic E-state index is 0.0531. The van der Waals surface area contributed by atoms with Gasteiger partial charge in [0.2, 0.25) is 5.91 Å². The van der Waals surface area contributed by atoms with Gasteiger partial charge in [-0.25, -0.2) is 0 Å². The average Bonchev–Trinajstić information content (AvgIpc) is 2.99. The number of carbonyl (C=O) groups excluding carboxylic acids is 1. The Labute approximate surface area is 133 Å². The van der Waals surface area contributed by atoms with Crippen molar-refractivity contribution in [3.05, 3.63) is 35.4 Å². The standard InChI is InChI=1S/C18H27NOS/c1-13(2)21-11-10-19-16(20)18(12-17(18,4)5)15-8-6-14(3)7-9-15/h6-9,13H,10-12H2,1-5H3,(H,19,20). The molecule has 1 amide bonds. The number of benzene rings is 1. The lowest BCUT2D eigenvalue weighted by atomic mass is 9.86. The monoisotopic (exact) mass is 305 g/mol. The molecule has 116 valence electrons. The van der Waals surface area contributed by atoms with E-state index in [2.05, 4.69) is 64.2 Å². The fraction of sp³-hybridized carbons (Fsp3) is 0.611. The first kappa shape index (κ1) is 16.4. The van der Waals surface area contributed by atoms with Crippen LogP contribution in [0.1, 0.15) is 45.2 Å². The van der Waals surface area contributed by atoms with Crippen LogP contribution in [0.5, 0.6) is 0 Å². The smallest absolute Gasteiger partial charge is 0.231 e. The third-order valence-electron chi connectivity index (χ3n) is 4.51. The molecule has 1 aliphatic carbocycles. The van der Waals surface area contributed by atoms with Crippen molar-refractivity contribution in [2.75, 3.05) is 12.3 Å². The summed E-state index contributed by atoms with van der Waals surface area (Å²) < 4.78 is 0. The van der Waals surface area contributed by atoms with Crippen molar-refractivity contribution >= 4 is 17.7 Å². The topological polar surface area (TPSA) is 29.1 Å². The minimum atomic E-state index is -0.330. The zero-order valence-electron chi connectivity index (χ0n) is 13.8. The molecule has 1 unspecified atom stereocenters. The summed E-state index contributed by atoms with van der Waals surface area (Å²) in [5.74, 6) is 1.18. The number of carbonyl (C=O) groups is 1. The fourth-order valence-corrected chi connectivity index (χ4v) is 3.77. The van der Waals surface area contributed by atoms with E-state index < -0.39 is 0 Å². The molecule has 1 aromatic carbocycles. The molecule has 1 atom stereocenters. The van der Waals surface area contributed by atoms with E-state index in [1.807, 2.05) is 11.8 Å². The summed E-state index contributed by atoms with van der Waals surface area (Å²) in [5, 5.41) is 3.77. The van der Waals surface area contributed by atoms with E-state index in [0.717, 1.165) is 24.3 Å². The lowest BCUT2D eigenvalue weighted by Gasteiger charge is -2.21. The number of nitrogens with one attached hydrogen (secondary N) is 1. The van der Waals surface area contributed by atoms with E-state index >= 15 is 0 Å². The molecule has 0 radical (unpaired) electrons. The third kappa shape index (κ3) is 3.28. The van der Waals surface area contributed by atoms with E-state index in [9.17, 15) is 4.79 Å². The molecule has 1 aliphatic rings. The molecule has 1 fully saturated rings. The van der Waals surface area contributed by atoms with Gasteiger partial charge in [-0.1, -0.05) is 57.5 Å². The van der Waals surface area contributed by atoms with Gasteiger partial charge in [0.25, 0.3) is 0 Å². The van der Waals surface area contributed by atoms with Crippen LogP contribution in [0, 0.1) is 12.3 Å². The first-order chi connectivity index (χ1) is 9.79. The Morgan fingerprint density at radius 3 is 2.33 bits per heavy atom. The van der Waals surface area contributed by atoms with Gasteiger partial charge >= 0.3 is 0 Å². The van der Waals surface area contributed by atoms with Gasteiger partial charge in [-0.3, -0.25) is 4.79 Å². The van der Waals surface area contributed by atoms with Crippen molar-refractivity contribution in [1.29, 1.82) is 0 Å². The summed E-state index contributed by atoms with van der Waals surface area (Å²) in [7, 11) is 0. The Bertz CT molecular complexity index is 506. The maximum atomic E-state index is 12.8. The lowest BCUT2D eigenvalue weighted by molar-refractivity contribution is -0.124. The summed E-state index contributed by atoms with van der Waals surface area (Å²) in [5.41, 5.74) is 2.12. The highest BCUT2D eigenvalue weighted by Gasteiger charge is 2.66. The van der Waals surface area contributed by atoms with Crippen molar-refractivity contribution in [2.45, 2.75) is 51.7 Å². The van der Waals surface area contributed by atoms with Gasteiger partial charge in [0.05, 0.1) is 5.41 Å². The molecular weight excluding hydrogens is 278 g/mol. The largest absolute Gasteiger partial charge is 0.354 e. The third-order valence-corrected chi connectivity index (χ3v) is 5.61. The molecule has 21 heavy (non-hydrogen) atoms.